The summed E-state index contributed by atoms with van der Waals surface area (Å²) in [7, 11) is 0. The van der Waals surface area contributed by atoms with Crippen LogP contribution in [0.4, 0.5) is 43.8 Å². The largest absolute Gasteiger partial charge is 0.573 e. The molecule has 0 saturated carbocycles. The van der Waals surface area contributed by atoms with Gasteiger partial charge in [-0.2, -0.15) is 18.2 Å². The lowest BCUT2D eigenvalue weighted by atomic mass is 10.2. The van der Waals surface area contributed by atoms with Gasteiger partial charge in [0, 0.05) is 18.3 Å². The van der Waals surface area contributed by atoms with Gasteiger partial charge in [-0.25, -0.2) is 4.98 Å². The lowest BCUT2D eigenvalue weighted by Gasteiger charge is -2.15. The average Bonchev–Trinajstić information content (AvgIpc) is 2.53. The molecule has 0 saturated heterocycles. The van der Waals surface area contributed by atoms with Crippen molar-refractivity contribution in [2.24, 2.45) is 0 Å². The number of aromatic nitrogens is 2. The lowest BCUT2D eigenvalue weighted by Crippen LogP contribution is -2.17. The number of aliphatic hydroxyl groups excluding tert-OH is 1. The summed E-state index contributed by atoms with van der Waals surface area (Å²) in [5.74, 6) is -1.06. The first-order valence-electron chi connectivity index (χ1n) is 7.42. The Hall–Kier alpha value is -2.76. The molecule has 0 amide bonds. The number of hydrogen-bond donors (Lipinski definition) is 3. The van der Waals surface area contributed by atoms with Crippen molar-refractivity contribution in [2.75, 3.05) is 23.8 Å². The zero-order valence-electron chi connectivity index (χ0n) is 13.7. The molecule has 0 aliphatic rings. The van der Waals surface area contributed by atoms with E-state index in [2.05, 4.69) is 25.3 Å². The molecule has 0 radical (unpaired) electrons. The van der Waals surface area contributed by atoms with Crippen molar-refractivity contribution in [3.8, 4) is 5.75 Å². The van der Waals surface area contributed by atoms with Crippen LogP contribution < -0.4 is 15.4 Å². The summed E-state index contributed by atoms with van der Waals surface area (Å²) in [5.41, 5.74) is -0.714. The summed E-state index contributed by atoms with van der Waals surface area (Å²) in [6.07, 6.45) is -9.60. The van der Waals surface area contributed by atoms with Gasteiger partial charge in [0.05, 0.1) is 6.61 Å². The Kier molecular flexibility index (Phi) is 5.98. The summed E-state index contributed by atoms with van der Waals surface area (Å²) >= 11 is 0. The van der Waals surface area contributed by atoms with Crippen LogP contribution in [0.2, 0.25) is 0 Å². The maximum absolute atomic E-state index is 13.0. The van der Waals surface area contributed by atoms with Crippen LogP contribution in [0.1, 0.15) is 11.3 Å². The monoisotopic (exact) mass is 396 g/mol. The second-order valence-corrected chi connectivity index (χ2v) is 5.26. The van der Waals surface area contributed by atoms with Crippen molar-refractivity contribution in [2.45, 2.75) is 19.5 Å². The van der Waals surface area contributed by atoms with E-state index in [4.69, 9.17) is 5.11 Å². The molecule has 0 fully saturated rings. The zero-order chi connectivity index (χ0) is 20.2. The van der Waals surface area contributed by atoms with Gasteiger partial charge in [0.15, 0.2) is 5.69 Å². The Morgan fingerprint density at radius 1 is 1.07 bits per heavy atom. The fourth-order valence-corrected chi connectivity index (χ4v) is 2.01. The molecular formula is C15H14F6N4O2. The third-order valence-electron chi connectivity index (χ3n) is 3.11. The van der Waals surface area contributed by atoms with Crippen molar-refractivity contribution in [1.29, 1.82) is 0 Å². The third kappa shape index (κ3) is 6.16. The van der Waals surface area contributed by atoms with Crippen molar-refractivity contribution in [1.82, 2.24) is 9.97 Å². The van der Waals surface area contributed by atoms with Crippen LogP contribution >= 0.6 is 0 Å². The van der Waals surface area contributed by atoms with E-state index in [0.29, 0.717) is 6.07 Å². The molecule has 3 N–H and O–H groups in total. The number of nitrogens with one attached hydrogen (secondary N) is 2. The summed E-state index contributed by atoms with van der Waals surface area (Å²) in [4.78, 5) is 7.16. The van der Waals surface area contributed by atoms with Crippen LogP contribution in [0.3, 0.4) is 0 Å². The summed E-state index contributed by atoms with van der Waals surface area (Å²) < 4.78 is 79.4. The van der Waals surface area contributed by atoms with Gasteiger partial charge in [-0.15, -0.1) is 13.2 Å². The second kappa shape index (κ2) is 7.86. The minimum atomic E-state index is -4.86. The maximum Gasteiger partial charge on any atom is 0.573 e. The molecule has 0 atom stereocenters. The summed E-state index contributed by atoms with van der Waals surface area (Å²) in [6, 6.07) is 3.96. The molecule has 1 aromatic carbocycles. The second-order valence-electron chi connectivity index (χ2n) is 5.26. The molecule has 6 nitrogen and oxygen atoms in total. The maximum atomic E-state index is 13.0. The van der Waals surface area contributed by atoms with Crippen molar-refractivity contribution in [3.63, 3.8) is 0 Å². The van der Waals surface area contributed by atoms with Crippen molar-refractivity contribution in [3.05, 3.63) is 35.5 Å². The van der Waals surface area contributed by atoms with E-state index in [1.54, 1.807) is 0 Å². The van der Waals surface area contributed by atoms with Gasteiger partial charge in [0.2, 0.25) is 5.95 Å². The Morgan fingerprint density at radius 2 is 1.78 bits per heavy atom. The molecule has 0 bridgehead atoms. The minimum absolute atomic E-state index is 0.0662. The number of rotatable bonds is 6. The summed E-state index contributed by atoms with van der Waals surface area (Å²) in [5, 5.41) is 13.8. The fourth-order valence-electron chi connectivity index (χ4n) is 2.01. The van der Waals surface area contributed by atoms with E-state index in [1.807, 2.05) is 0 Å². The highest BCUT2D eigenvalue weighted by Crippen LogP contribution is 2.32. The van der Waals surface area contributed by atoms with Crippen LogP contribution in [-0.2, 0) is 6.18 Å². The SMILES string of the molecule is Cc1cc(OC(F)(F)F)ccc1Nc1cc(C(F)(F)F)nc(NCCO)n1. The quantitative estimate of drug-likeness (QED) is 0.644. The van der Waals surface area contributed by atoms with Crippen LogP contribution in [0.25, 0.3) is 0 Å². The molecule has 1 heterocycles. The Morgan fingerprint density at radius 3 is 2.33 bits per heavy atom. The first kappa shape index (κ1) is 20.6. The van der Waals surface area contributed by atoms with E-state index in [-0.39, 0.29) is 36.2 Å². The predicted octanol–water partition coefficient (Wildman–Crippen LogP) is 3.85. The zero-order valence-corrected chi connectivity index (χ0v) is 13.7. The number of aliphatic hydroxyl groups is 1. The molecule has 0 aliphatic heterocycles. The topological polar surface area (TPSA) is 79.3 Å². The molecule has 0 spiro atoms. The molecule has 2 rings (SSSR count). The van der Waals surface area contributed by atoms with Crippen LogP contribution in [0.15, 0.2) is 24.3 Å². The number of nitrogens with zero attached hydrogens (tertiary/aromatic N) is 2. The Balaban J connectivity index is 2.30. The molecule has 0 aliphatic carbocycles. The third-order valence-corrected chi connectivity index (χ3v) is 3.11. The molecule has 1 aromatic heterocycles. The van der Waals surface area contributed by atoms with E-state index < -0.39 is 24.0 Å². The van der Waals surface area contributed by atoms with E-state index in [9.17, 15) is 26.3 Å². The first-order chi connectivity index (χ1) is 12.5. The first-order valence-corrected chi connectivity index (χ1v) is 7.42. The Labute approximate surface area is 149 Å². The highest BCUT2D eigenvalue weighted by Gasteiger charge is 2.34. The van der Waals surface area contributed by atoms with Crippen LogP contribution in [0.5, 0.6) is 5.75 Å². The normalized spacial score (nSPS) is 12.0. The van der Waals surface area contributed by atoms with Gasteiger partial charge < -0.3 is 20.5 Å². The molecule has 2 aromatic rings. The number of ether oxygens (including phenoxy) is 1. The van der Waals surface area contributed by atoms with Crippen molar-refractivity contribution < 1.29 is 36.2 Å². The number of halogens is 6. The van der Waals surface area contributed by atoms with Gasteiger partial charge in [0.25, 0.3) is 0 Å². The van der Waals surface area contributed by atoms with Gasteiger partial charge in [-0.05, 0) is 30.7 Å². The van der Waals surface area contributed by atoms with Crippen molar-refractivity contribution >= 4 is 17.5 Å². The van der Waals surface area contributed by atoms with Gasteiger partial charge in [-0.3, -0.25) is 0 Å². The highest BCUT2D eigenvalue weighted by atomic mass is 19.4. The van der Waals surface area contributed by atoms with Gasteiger partial charge in [0.1, 0.15) is 11.6 Å². The van der Waals surface area contributed by atoms with E-state index in [0.717, 1.165) is 12.1 Å². The van der Waals surface area contributed by atoms with Gasteiger partial charge in [-0.1, -0.05) is 0 Å². The fraction of sp³-hybridized carbons (Fsp3) is 0.333. The smallest absolute Gasteiger partial charge is 0.406 e. The van der Waals surface area contributed by atoms with E-state index in [1.165, 1.54) is 13.0 Å². The van der Waals surface area contributed by atoms with Gasteiger partial charge >= 0.3 is 12.5 Å². The molecule has 27 heavy (non-hydrogen) atoms. The molecule has 0 unspecified atom stereocenters. The van der Waals surface area contributed by atoms with E-state index >= 15 is 0 Å². The number of hydrogen-bond acceptors (Lipinski definition) is 6. The molecule has 12 heteroatoms. The average molecular weight is 396 g/mol. The lowest BCUT2D eigenvalue weighted by molar-refractivity contribution is -0.274. The van der Waals surface area contributed by atoms with Crippen LogP contribution in [0, 0.1) is 6.92 Å². The standard InChI is InChI=1S/C15H14F6N4O2/c1-8-6-9(27-15(19,20)21)2-3-10(8)23-12-7-11(14(16,17)18)24-13(25-12)22-4-5-26/h2-3,6-7,26H,4-5H2,1H3,(H2,22,23,24,25). The minimum Gasteiger partial charge on any atom is -0.406 e. The Bertz CT molecular complexity index is 795. The number of anilines is 3. The predicted molar refractivity (Wildman–Crippen MR) is 83.8 cm³/mol. The number of alkyl halides is 6. The molecular weight excluding hydrogens is 382 g/mol. The summed E-state index contributed by atoms with van der Waals surface area (Å²) in [6.45, 7) is 1.04. The van der Waals surface area contributed by atoms with Crippen LogP contribution in [-0.4, -0.2) is 34.6 Å². The molecule has 148 valence electrons. The highest BCUT2D eigenvalue weighted by molar-refractivity contribution is 5.62. The number of benzene rings is 1. The number of aryl methyl sites for hydroxylation is 1.